The summed E-state index contributed by atoms with van der Waals surface area (Å²) in [6.07, 6.45) is 1.95. The van der Waals surface area contributed by atoms with Crippen LogP contribution < -0.4 is 5.32 Å². The third-order valence-corrected chi connectivity index (χ3v) is 2.43. The van der Waals surface area contributed by atoms with Crippen LogP contribution in [-0.2, 0) is 4.74 Å². The molecule has 1 atom stereocenters. The second-order valence-corrected chi connectivity index (χ2v) is 4.78. The Bertz CT molecular complexity index is 169. The largest absolute Gasteiger partial charge is 0.383 e. The van der Waals surface area contributed by atoms with Crippen molar-refractivity contribution >= 4 is 0 Å². The molecule has 0 saturated carbocycles. The van der Waals surface area contributed by atoms with E-state index in [1.807, 2.05) is 13.1 Å². The first kappa shape index (κ1) is 14.6. The third kappa shape index (κ3) is 5.30. The van der Waals surface area contributed by atoms with E-state index in [9.17, 15) is 0 Å². The van der Waals surface area contributed by atoms with Gasteiger partial charge in [0.15, 0.2) is 0 Å². The number of nitrogens with one attached hydrogen (secondary N) is 1. The van der Waals surface area contributed by atoms with Gasteiger partial charge in [-0.25, -0.2) is 0 Å². The molecule has 0 heterocycles. The summed E-state index contributed by atoms with van der Waals surface area (Å²) < 4.78 is 5.26. The number of hydrogen-bond donors (Lipinski definition) is 1. The Morgan fingerprint density at radius 2 is 2.07 bits per heavy atom. The molecular weight excluding hydrogens is 188 g/mol. The molecule has 0 aliphatic carbocycles. The van der Waals surface area contributed by atoms with Crippen molar-refractivity contribution in [1.29, 1.82) is 0 Å². The first-order valence-electron chi connectivity index (χ1n) is 5.48. The summed E-state index contributed by atoms with van der Waals surface area (Å²) in [5.74, 6) is 0. The standard InChI is InChI=1S/C12H26N2O/c1-7-8-14(12(2,3)4)11(9-13-5)10-15-6/h7,11,13H,1,8-10H2,2-6H3. The molecule has 3 nitrogen and oxygen atoms in total. The van der Waals surface area contributed by atoms with Gasteiger partial charge in [0.25, 0.3) is 0 Å². The van der Waals surface area contributed by atoms with Crippen LogP contribution in [0.1, 0.15) is 20.8 Å². The van der Waals surface area contributed by atoms with Crippen molar-refractivity contribution < 1.29 is 4.74 Å². The van der Waals surface area contributed by atoms with Crippen LogP contribution in [0.5, 0.6) is 0 Å². The van der Waals surface area contributed by atoms with E-state index in [4.69, 9.17) is 4.74 Å². The molecule has 15 heavy (non-hydrogen) atoms. The van der Waals surface area contributed by atoms with E-state index in [1.54, 1.807) is 7.11 Å². The molecule has 0 amide bonds. The van der Waals surface area contributed by atoms with Gasteiger partial charge in [-0.15, -0.1) is 6.58 Å². The zero-order valence-electron chi connectivity index (χ0n) is 10.8. The smallest absolute Gasteiger partial charge is 0.0630 e. The second kappa shape index (κ2) is 6.99. The van der Waals surface area contributed by atoms with E-state index in [0.717, 1.165) is 19.7 Å². The van der Waals surface area contributed by atoms with Crippen LogP contribution in [0.4, 0.5) is 0 Å². The summed E-state index contributed by atoms with van der Waals surface area (Å²) in [5.41, 5.74) is 0.133. The summed E-state index contributed by atoms with van der Waals surface area (Å²) >= 11 is 0. The maximum atomic E-state index is 5.26. The van der Waals surface area contributed by atoms with Gasteiger partial charge in [-0.2, -0.15) is 0 Å². The number of likely N-dealkylation sites (N-methyl/N-ethyl adjacent to an activating group) is 1. The number of hydrogen-bond acceptors (Lipinski definition) is 3. The lowest BCUT2D eigenvalue weighted by atomic mass is 10.0. The van der Waals surface area contributed by atoms with E-state index in [1.165, 1.54) is 0 Å². The highest BCUT2D eigenvalue weighted by Gasteiger charge is 2.27. The molecule has 0 fully saturated rings. The zero-order valence-corrected chi connectivity index (χ0v) is 10.8. The van der Waals surface area contributed by atoms with E-state index >= 15 is 0 Å². The lowest BCUT2D eigenvalue weighted by Gasteiger charge is -2.40. The molecule has 0 aromatic heterocycles. The van der Waals surface area contributed by atoms with Crippen LogP contribution in [0.2, 0.25) is 0 Å². The van der Waals surface area contributed by atoms with Crippen LogP contribution in [0.15, 0.2) is 12.7 Å². The van der Waals surface area contributed by atoms with Crippen molar-refractivity contribution in [3.63, 3.8) is 0 Å². The van der Waals surface area contributed by atoms with Crippen molar-refractivity contribution in [3.8, 4) is 0 Å². The molecule has 0 saturated heterocycles. The van der Waals surface area contributed by atoms with Gasteiger partial charge < -0.3 is 10.1 Å². The summed E-state index contributed by atoms with van der Waals surface area (Å²) in [6, 6.07) is 0.387. The van der Waals surface area contributed by atoms with Crippen molar-refractivity contribution in [2.45, 2.75) is 32.4 Å². The predicted octanol–water partition coefficient (Wildman–Crippen LogP) is 1.51. The summed E-state index contributed by atoms with van der Waals surface area (Å²) in [6.45, 7) is 13.0. The molecule has 1 N–H and O–H groups in total. The van der Waals surface area contributed by atoms with Crippen LogP contribution in [0.3, 0.4) is 0 Å². The fourth-order valence-electron chi connectivity index (χ4n) is 1.80. The van der Waals surface area contributed by atoms with Gasteiger partial charge in [-0.3, -0.25) is 4.90 Å². The highest BCUT2D eigenvalue weighted by atomic mass is 16.5. The average molecular weight is 214 g/mol. The second-order valence-electron chi connectivity index (χ2n) is 4.78. The molecule has 0 aromatic rings. The number of nitrogens with zero attached hydrogens (tertiary/aromatic N) is 1. The van der Waals surface area contributed by atoms with Crippen LogP contribution in [0, 0.1) is 0 Å². The molecule has 0 radical (unpaired) electrons. The molecule has 0 rings (SSSR count). The topological polar surface area (TPSA) is 24.5 Å². The zero-order chi connectivity index (χ0) is 11.9. The first-order chi connectivity index (χ1) is 6.97. The van der Waals surface area contributed by atoms with Crippen molar-refractivity contribution in [2.24, 2.45) is 0 Å². The van der Waals surface area contributed by atoms with Crippen LogP contribution in [-0.4, -0.2) is 50.3 Å². The minimum absolute atomic E-state index is 0.133. The van der Waals surface area contributed by atoms with Gasteiger partial charge in [-0.1, -0.05) is 6.08 Å². The van der Waals surface area contributed by atoms with E-state index in [2.05, 4.69) is 37.6 Å². The number of rotatable bonds is 7. The van der Waals surface area contributed by atoms with Crippen molar-refractivity contribution in [3.05, 3.63) is 12.7 Å². The number of methoxy groups -OCH3 is 1. The SMILES string of the molecule is C=CCN(C(CNC)COC)C(C)(C)C. The fourth-order valence-corrected chi connectivity index (χ4v) is 1.80. The van der Waals surface area contributed by atoms with Crippen molar-refractivity contribution in [2.75, 3.05) is 33.9 Å². The van der Waals surface area contributed by atoms with E-state index < -0.39 is 0 Å². The molecular formula is C12H26N2O. The normalized spacial score (nSPS) is 14.3. The Morgan fingerprint density at radius 3 is 2.40 bits per heavy atom. The minimum atomic E-state index is 0.133. The van der Waals surface area contributed by atoms with Gasteiger partial charge in [0.2, 0.25) is 0 Å². The lowest BCUT2D eigenvalue weighted by Crippen LogP contribution is -2.53. The summed E-state index contributed by atoms with van der Waals surface area (Å²) in [4.78, 5) is 2.40. The molecule has 0 aliphatic rings. The molecule has 90 valence electrons. The quantitative estimate of drug-likeness (QED) is 0.650. The molecule has 0 aliphatic heterocycles. The fraction of sp³-hybridized carbons (Fsp3) is 0.833. The molecule has 3 heteroatoms. The monoisotopic (exact) mass is 214 g/mol. The first-order valence-corrected chi connectivity index (χ1v) is 5.48. The minimum Gasteiger partial charge on any atom is -0.383 e. The molecule has 0 bridgehead atoms. The Kier molecular flexibility index (Phi) is 6.81. The number of ether oxygens (including phenoxy) is 1. The van der Waals surface area contributed by atoms with E-state index in [-0.39, 0.29) is 5.54 Å². The van der Waals surface area contributed by atoms with Crippen LogP contribution >= 0.6 is 0 Å². The maximum Gasteiger partial charge on any atom is 0.0630 e. The van der Waals surface area contributed by atoms with Gasteiger partial charge >= 0.3 is 0 Å². The van der Waals surface area contributed by atoms with Gasteiger partial charge in [-0.05, 0) is 27.8 Å². The van der Waals surface area contributed by atoms with Crippen molar-refractivity contribution in [1.82, 2.24) is 10.2 Å². The predicted molar refractivity (Wildman–Crippen MR) is 66.2 cm³/mol. The Morgan fingerprint density at radius 1 is 1.47 bits per heavy atom. The maximum absolute atomic E-state index is 5.26. The summed E-state index contributed by atoms with van der Waals surface area (Å²) in [7, 11) is 3.72. The van der Waals surface area contributed by atoms with Gasteiger partial charge in [0.1, 0.15) is 0 Å². The molecule has 0 aromatic carbocycles. The Hall–Kier alpha value is -0.380. The average Bonchev–Trinajstić information content (AvgIpc) is 2.12. The van der Waals surface area contributed by atoms with Gasteiger partial charge in [0, 0.05) is 31.8 Å². The Balaban J connectivity index is 4.58. The van der Waals surface area contributed by atoms with Crippen LogP contribution in [0.25, 0.3) is 0 Å². The van der Waals surface area contributed by atoms with E-state index in [0.29, 0.717) is 6.04 Å². The van der Waals surface area contributed by atoms with Gasteiger partial charge in [0.05, 0.1) is 6.61 Å². The molecule has 0 spiro atoms. The highest BCUT2D eigenvalue weighted by molar-refractivity contribution is 4.88. The molecule has 1 unspecified atom stereocenters. The lowest BCUT2D eigenvalue weighted by molar-refractivity contribution is 0.0409. The third-order valence-electron chi connectivity index (χ3n) is 2.43. The highest BCUT2D eigenvalue weighted by Crippen LogP contribution is 2.16. The Labute approximate surface area is 94.5 Å². The summed E-state index contributed by atoms with van der Waals surface area (Å²) in [5, 5.41) is 3.21.